The molecule has 1 heterocycles. The van der Waals surface area contributed by atoms with E-state index in [-0.39, 0.29) is 0 Å². The fraction of sp³-hybridized carbons (Fsp3) is 0.357. The van der Waals surface area contributed by atoms with E-state index in [9.17, 15) is 0 Å². The summed E-state index contributed by atoms with van der Waals surface area (Å²) in [5.41, 5.74) is 2.63. The third-order valence-corrected chi connectivity index (χ3v) is 5.38. The first kappa shape index (κ1) is 16.9. The molecule has 3 nitrogen and oxygen atoms in total. The predicted molar refractivity (Wildman–Crippen MR) is 93.8 cm³/mol. The highest BCUT2D eigenvalue weighted by molar-refractivity contribution is 9.10. The second kappa shape index (κ2) is 7.23. The number of halogens is 4. The Morgan fingerprint density at radius 1 is 1.14 bits per heavy atom. The van der Waals surface area contributed by atoms with Crippen molar-refractivity contribution in [3.8, 4) is 0 Å². The van der Waals surface area contributed by atoms with Crippen LogP contribution < -0.4 is 5.32 Å². The minimum absolute atomic E-state index is 0.487. The zero-order chi connectivity index (χ0) is 15.6. The highest BCUT2D eigenvalue weighted by Gasteiger charge is 2.15. The van der Waals surface area contributed by atoms with Crippen molar-refractivity contribution in [2.24, 2.45) is 0 Å². The second-order valence-corrected chi connectivity index (χ2v) is 6.44. The standard InChI is InChI=1S/C14H15BrCl3N3/c1-3-9-13(17)11(21(4-2)20-9)7-19-10-6-5-8(15)12(16)14(10)18/h5-6,19H,3-4,7H2,1-2H3. The van der Waals surface area contributed by atoms with Gasteiger partial charge in [-0.05, 0) is 41.4 Å². The van der Waals surface area contributed by atoms with Crippen molar-refractivity contribution in [2.75, 3.05) is 5.32 Å². The van der Waals surface area contributed by atoms with Crippen molar-refractivity contribution in [3.63, 3.8) is 0 Å². The number of aromatic nitrogens is 2. The Morgan fingerprint density at radius 2 is 1.86 bits per heavy atom. The van der Waals surface area contributed by atoms with Crippen LogP contribution in [0, 0.1) is 0 Å². The molecule has 0 aliphatic carbocycles. The number of nitrogens with zero attached hydrogens (tertiary/aromatic N) is 2. The molecule has 21 heavy (non-hydrogen) atoms. The first-order valence-corrected chi connectivity index (χ1v) is 8.53. The molecular weight excluding hydrogens is 396 g/mol. The lowest BCUT2D eigenvalue weighted by atomic mass is 10.2. The topological polar surface area (TPSA) is 29.9 Å². The maximum atomic E-state index is 6.38. The Morgan fingerprint density at radius 3 is 2.48 bits per heavy atom. The number of hydrogen-bond donors (Lipinski definition) is 1. The van der Waals surface area contributed by atoms with Crippen LogP contribution in [0.3, 0.4) is 0 Å². The summed E-state index contributed by atoms with van der Waals surface area (Å²) in [5.74, 6) is 0. The maximum Gasteiger partial charge on any atom is 0.0868 e. The molecule has 0 atom stereocenters. The lowest BCUT2D eigenvalue weighted by Crippen LogP contribution is -2.08. The minimum atomic E-state index is 0.487. The van der Waals surface area contributed by atoms with Crippen molar-refractivity contribution in [2.45, 2.75) is 33.4 Å². The van der Waals surface area contributed by atoms with Gasteiger partial charge in [0.1, 0.15) is 0 Å². The van der Waals surface area contributed by atoms with E-state index in [2.05, 4.69) is 26.3 Å². The molecule has 0 unspecified atom stereocenters. The Labute approximate surface area is 147 Å². The van der Waals surface area contributed by atoms with Crippen molar-refractivity contribution in [1.82, 2.24) is 9.78 Å². The molecule has 0 amide bonds. The minimum Gasteiger partial charge on any atom is -0.378 e. The molecule has 1 aromatic heterocycles. The van der Waals surface area contributed by atoms with Gasteiger partial charge in [0, 0.05) is 11.0 Å². The lowest BCUT2D eigenvalue weighted by Gasteiger charge is -2.11. The molecule has 0 aliphatic heterocycles. The van der Waals surface area contributed by atoms with Crippen LogP contribution >= 0.6 is 50.7 Å². The van der Waals surface area contributed by atoms with E-state index < -0.39 is 0 Å². The van der Waals surface area contributed by atoms with E-state index in [1.165, 1.54) is 0 Å². The Hall–Kier alpha value is -0.420. The number of anilines is 1. The number of benzene rings is 1. The molecule has 114 valence electrons. The van der Waals surface area contributed by atoms with Gasteiger partial charge in [0.2, 0.25) is 0 Å². The molecule has 7 heteroatoms. The smallest absolute Gasteiger partial charge is 0.0868 e. The largest absolute Gasteiger partial charge is 0.378 e. The van der Waals surface area contributed by atoms with Gasteiger partial charge in [-0.25, -0.2) is 0 Å². The Balaban J connectivity index is 2.24. The first-order chi connectivity index (χ1) is 9.99. The molecular formula is C14H15BrCl3N3. The monoisotopic (exact) mass is 409 g/mol. The van der Waals surface area contributed by atoms with Gasteiger partial charge in [0.05, 0.1) is 38.7 Å². The summed E-state index contributed by atoms with van der Waals surface area (Å²) < 4.78 is 2.67. The van der Waals surface area contributed by atoms with Crippen LogP contribution in [-0.4, -0.2) is 9.78 Å². The zero-order valence-electron chi connectivity index (χ0n) is 11.7. The summed E-state index contributed by atoms with van der Waals surface area (Å²) in [6, 6.07) is 3.73. The number of rotatable bonds is 5. The first-order valence-electron chi connectivity index (χ1n) is 6.60. The van der Waals surface area contributed by atoms with Gasteiger partial charge in [-0.1, -0.05) is 41.7 Å². The molecule has 1 aromatic carbocycles. The molecule has 0 saturated carbocycles. The van der Waals surface area contributed by atoms with Crippen LogP contribution in [0.5, 0.6) is 0 Å². The quantitative estimate of drug-likeness (QED) is 0.630. The second-order valence-electron chi connectivity index (χ2n) is 4.45. The molecule has 0 bridgehead atoms. The van der Waals surface area contributed by atoms with Gasteiger partial charge in [0.15, 0.2) is 0 Å². The highest BCUT2D eigenvalue weighted by Crippen LogP contribution is 2.36. The maximum absolute atomic E-state index is 6.38. The van der Waals surface area contributed by atoms with Gasteiger partial charge in [-0.2, -0.15) is 5.10 Å². The lowest BCUT2D eigenvalue weighted by molar-refractivity contribution is 0.619. The molecule has 0 aliphatic rings. The average Bonchev–Trinajstić information content (AvgIpc) is 2.80. The van der Waals surface area contributed by atoms with Crippen LogP contribution in [0.15, 0.2) is 16.6 Å². The normalized spacial score (nSPS) is 11.0. The van der Waals surface area contributed by atoms with Crippen LogP contribution in [-0.2, 0) is 19.5 Å². The van der Waals surface area contributed by atoms with E-state index in [1.807, 2.05) is 30.7 Å². The van der Waals surface area contributed by atoms with Crippen molar-refractivity contribution >= 4 is 56.4 Å². The van der Waals surface area contributed by atoms with Gasteiger partial charge in [0.25, 0.3) is 0 Å². The van der Waals surface area contributed by atoms with Crippen molar-refractivity contribution < 1.29 is 0 Å². The summed E-state index contributed by atoms with van der Waals surface area (Å²) in [6.45, 7) is 5.38. The van der Waals surface area contributed by atoms with Gasteiger partial charge in [-0.3, -0.25) is 4.68 Å². The number of nitrogens with one attached hydrogen (secondary N) is 1. The molecule has 2 rings (SSSR count). The Bertz CT molecular complexity index is 655. The molecule has 0 fully saturated rings. The van der Waals surface area contributed by atoms with Crippen LogP contribution in [0.4, 0.5) is 5.69 Å². The summed E-state index contributed by atoms with van der Waals surface area (Å²) in [7, 11) is 0. The van der Waals surface area contributed by atoms with Crippen LogP contribution in [0.25, 0.3) is 0 Å². The van der Waals surface area contributed by atoms with E-state index in [0.29, 0.717) is 21.6 Å². The summed E-state index contributed by atoms with van der Waals surface area (Å²) in [4.78, 5) is 0. The van der Waals surface area contributed by atoms with E-state index in [1.54, 1.807) is 0 Å². The van der Waals surface area contributed by atoms with Crippen molar-refractivity contribution in [3.05, 3.63) is 43.1 Å². The SMILES string of the molecule is CCc1nn(CC)c(CNc2ccc(Br)c(Cl)c2Cl)c1Cl. The third-order valence-electron chi connectivity index (χ3n) is 3.18. The molecule has 2 aromatic rings. The van der Waals surface area contributed by atoms with Crippen LogP contribution in [0.1, 0.15) is 25.2 Å². The fourth-order valence-corrected chi connectivity index (χ4v) is 3.20. The fourth-order valence-electron chi connectivity index (χ4n) is 2.03. The highest BCUT2D eigenvalue weighted by atomic mass is 79.9. The van der Waals surface area contributed by atoms with E-state index in [0.717, 1.165) is 34.5 Å². The van der Waals surface area contributed by atoms with E-state index >= 15 is 0 Å². The van der Waals surface area contributed by atoms with Crippen molar-refractivity contribution in [1.29, 1.82) is 0 Å². The van der Waals surface area contributed by atoms with Gasteiger partial charge in [-0.15, -0.1) is 0 Å². The van der Waals surface area contributed by atoms with Gasteiger partial charge < -0.3 is 5.32 Å². The molecule has 0 radical (unpaired) electrons. The summed E-state index contributed by atoms with van der Waals surface area (Å²) >= 11 is 22.1. The van der Waals surface area contributed by atoms with Crippen LogP contribution in [0.2, 0.25) is 15.1 Å². The number of aryl methyl sites for hydroxylation is 2. The Kier molecular flexibility index (Phi) is 5.83. The van der Waals surface area contributed by atoms with Gasteiger partial charge >= 0.3 is 0 Å². The van der Waals surface area contributed by atoms with E-state index in [4.69, 9.17) is 34.8 Å². The summed E-state index contributed by atoms with van der Waals surface area (Å²) in [5, 5.41) is 9.45. The molecule has 0 spiro atoms. The predicted octanol–water partition coefficient (Wildman–Crippen LogP) is 5.80. The molecule has 0 saturated heterocycles. The zero-order valence-corrected chi connectivity index (χ0v) is 15.5. The molecule has 1 N–H and O–H groups in total. The summed E-state index contributed by atoms with van der Waals surface area (Å²) in [6.07, 6.45) is 0.809. The number of hydrogen-bond acceptors (Lipinski definition) is 2. The average molecular weight is 412 g/mol. The third kappa shape index (κ3) is 3.50.